The lowest BCUT2D eigenvalue weighted by atomic mass is 9.84. The summed E-state index contributed by atoms with van der Waals surface area (Å²) >= 11 is 0. The largest absolute Gasteiger partial charge is 0.493 e. The molecule has 5 nitrogen and oxygen atoms in total. The second-order valence-electron chi connectivity index (χ2n) is 6.79. The second kappa shape index (κ2) is 10.6. The Hall–Kier alpha value is -1.53. The molecule has 0 bridgehead atoms. The maximum absolute atomic E-state index is 14.3. The summed E-state index contributed by atoms with van der Waals surface area (Å²) in [7, 11) is 2.97. The third kappa shape index (κ3) is 5.74. The van der Waals surface area contributed by atoms with E-state index in [-0.39, 0.29) is 18.3 Å². The molecule has 148 valence electrons. The number of benzene rings is 1. The number of carbonyl (C=O) groups excluding carboxylic acids is 1. The lowest BCUT2D eigenvalue weighted by Gasteiger charge is -2.28. The summed E-state index contributed by atoms with van der Waals surface area (Å²) in [5.41, 5.74) is 0.389. The van der Waals surface area contributed by atoms with E-state index in [1.807, 2.05) is 0 Å². The first-order valence-corrected chi connectivity index (χ1v) is 8.87. The Morgan fingerprint density at radius 1 is 1.23 bits per heavy atom. The molecule has 1 aromatic rings. The molecule has 2 rings (SSSR count). The third-order valence-corrected chi connectivity index (χ3v) is 5.04. The van der Waals surface area contributed by atoms with Gasteiger partial charge in [0.2, 0.25) is 5.91 Å². The smallest absolute Gasteiger partial charge is 0.220 e. The summed E-state index contributed by atoms with van der Waals surface area (Å²) in [6, 6.07) is 2.43. The maximum Gasteiger partial charge on any atom is 0.220 e. The molecular weight excluding hydrogens is 359 g/mol. The molecular formula is C19H30ClFN2O3. The van der Waals surface area contributed by atoms with Crippen molar-refractivity contribution in [1.82, 2.24) is 10.6 Å². The lowest BCUT2D eigenvalue weighted by molar-refractivity contribution is -0.123. The predicted molar refractivity (Wildman–Crippen MR) is 103 cm³/mol. The summed E-state index contributed by atoms with van der Waals surface area (Å²) in [5, 5.41) is 6.24. The van der Waals surface area contributed by atoms with Crippen LogP contribution < -0.4 is 20.1 Å². The second-order valence-corrected chi connectivity index (χ2v) is 6.79. The van der Waals surface area contributed by atoms with Gasteiger partial charge in [0.15, 0.2) is 11.5 Å². The van der Waals surface area contributed by atoms with Crippen LogP contribution in [0.4, 0.5) is 4.39 Å². The average Bonchev–Trinajstić information content (AvgIpc) is 2.61. The highest BCUT2D eigenvalue weighted by Crippen LogP contribution is 2.32. The highest BCUT2D eigenvalue weighted by atomic mass is 35.5. The normalized spacial score (nSPS) is 17.0. The molecule has 1 aromatic carbocycles. The van der Waals surface area contributed by atoms with Gasteiger partial charge in [-0.1, -0.05) is 6.92 Å². The summed E-state index contributed by atoms with van der Waals surface area (Å²) < 4.78 is 24.6. The molecule has 26 heavy (non-hydrogen) atoms. The van der Waals surface area contributed by atoms with E-state index in [0.29, 0.717) is 35.3 Å². The Bertz CT molecular complexity index is 594. The van der Waals surface area contributed by atoms with E-state index < -0.39 is 11.9 Å². The maximum atomic E-state index is 14.3. The summed E-state index contributed by atoms with van der Waals surface area (Å²) in [6.45, 7) is 5.93. The number of hydrogen-bond donors (Lipinski definition) is 2. The topological polar surface area (TPSA) is 59.6 Å². The summed E-state index contributed by atoms with van der Waals surface area (Å²) in [6.07, 6.45) is 2.67. The average molecular weight is 389 g/mol. The van der Waals surface area contributed by atoms with Crippen LogP contribution >= 0.6 is 12.4 Å². The van der Waals surface area contributed by atoms with Gasteiger partial charge in [0.25, 0.3) is 0 Å². The number of halogens is 2. The first-order chi connectivity index (χ1) is 12.0. The number of ether oxygens (including phenoxy) is 2. The Kier molecular flexibility index (Phi) is 9.16. The predicted octanol–water partition coefficient (Wildman–Crippen LogP) is 3.47. The molecule has 0 aromatic heterocycles. The van der Waals surface area contributed by atoms with E-state index in [0.717, 1.165) is 25.9 Å². The SMILES string of the molecule is COc1cc(F)c(C(C)NC(=O)CC(C)C2CCNCC2)cc1OC.Cl. The molecule has 7 heteroatoms. The summed E-state index contributed by atoms with van der Waals surface area (Å²) in [4.78, 5) is 12.4. The number of rotatable bonds is 7. The van der Waals surface area contributed by atoms with E-state index in [2.05, 4.69) is 17.6 Å². The minimum absolute atomic E-state index is 0. The van der Waals surface area contributed by atoms with Crippen LogP contribution in [0.25, 0.3) is 0 Å². The van der Waals surface area contributed by atoms with Crippen LogP contribution in [-0.4, -0.2) is 33.2 Å². The zero-order valence-electron chi connectivity index (χ0n) is 15.9. The van der Waals surface area contributed by atoms with Crippen LogP contribution in [0.1, 0.15) is 44.7 Å². The van der Waals surface area contributed by atoms with Crippen molar-refractivity contribution in [2.45, 2.75) is 39.2 Å². The molecule has 1 aliphatic rings. The van der Waals surface area contributed by atoms with Crippen LogP contribution in [0, 0.1) is 17.7 Å². The molecule has 1 fully saturated rings. The van der Waals surface area contributed by atoms with Crippen LogP contribution in [0.2, 0.25) is 0 Å². The van der Waals surface area contributed by atoms with Gasteiger partial charge in [-0.05, 0) is 50.8 Å². The van der Waals surface area contributed by atoms with Crippen molar-refractivity contribution < 1.29 is 18.7 Å². The molecule has 1 heterocycles. The third-order valence-electron chi connectivity index (χ3n) is 5.04. The minimum atomic E-state index is -0.437. The zero-order valence-corrected chi connectivity index (χ0v) is 16.7. The lowest BCUT2D eigenvalue weighted by Crippen LogP contribution is -2.34. The van der Waals surface area contributed by atoms with Crippen LogP contribution in [-0.2, 0) is 4.79 Å². The standard InChI is InChI=1S/C19H29FN2O3.ClH/c1-12(14-5-7-21-8-6-14)9-19(23)22-13(2)15-10-17(24-3)18(25-4)11-16(15)20;/h10-14,21H,5-9H2,1-4H3,(H,22,23);1H. The number of nitrogens with one attached hydrogen (secondary N) is 2. The number of piperidine rings is 1. The van der Waals surface area contributed by atoms with Crippen molar-refractivity contribution in [3.05, 3.63) is 23.5 Å². The van der Waals surface area contributed by atoms with Crippen molar-refractivity contribution in [3.63, 3.8) is 0 Å². The quantitative estimate of drug-likeness (QED) is 0.750. The molecule has 0 radical (unpaired) electrons. The van der Waals surface area contributed by atoms with Crippen molar-refractivity contribution in [2.75, 3.05) is 27.3 Å². The van der Waals surface area contributed by atoms with E-state index in [1.165, 1.54) is 20.3 Å². The van der Waals surface area contributed by atoms with Crippen molar-refractivity contribution >= 4 is 18.3 Å². The zero-order chi connectivity index (χ0) is 18.4. The Morgan fingerprint density at radius 2 is 1.81 bits per heavy atom. The van der Waals surface area contributed by atoms with Crippen LogP contribution in [0.3, 0.4) is 0 Å². The summed E-state index contributed by atoms with van der Waals surface area (Å²) in [5.74, 6) is 1.21. The van der Waals surface area contributed by atoms with Crippen molar-refractivity contribution in [2.24, 2.45) is 11.8 Å². The van der Waals surface area contributed by atoms with Gasteiger partial charge in [-0.3, -0.25) is 4.79 Å². The molecule has 0 saturated carbocycles. The van der Waals surface area contributed by atoms with Crippen LogP contribution in [0.15, 0.2) is 12.1 Å². The first-order valence-electron chi connectivity index (χ1n) is 8.87. The van der Waals surface area contributed by atoms with Gasteiger partial charge in [0.1, 0.15) is 5.82 Å². The van der Waals surface area contributed by atoms with Gasteiger partial charge >= 0.3 is 0 Å². The number of carbonyl (C=O) groups is 1. The van der Waals surface area contributed by atoms with Gasteiger partial charge in [-0.2, -0.15) is 0 Å². The number of hydrogen-bond acceptors (Lipinski definition) is 4. The van der Waals surface area contributed by atoms with E-state index >= 15 is 0 Å². The molecule has 1 aliphatic heterocycles. The van der Waals surface area contributed by atoms with Gasteiger partial charge in [-0.25, -0.2) is 4.39 Å². The molecule has 1 amide bonds. The number of methoxy groups -OCH3 is 2. The molecule has 0 aliphatic carbocycles. The molecule has 1 saturated heterocycles. The fraction of sp³-hybridized carbons (Fsp3) is 0.632. The van der Waals surface area contributed by atoms with E-state index in [1.54, 1.807) is 13.0 Å². The fourth-order valence-electron chi connectivity index (χ4n) is 3.45. The van der Waals surface area contributed by atoms with E-state index in [9.17, 15) is 9.18 Å². The number of amides is 1. The first kappa shape index (κ1) is 22.5. The van der Waals surface area contributed by atoms with Gasteiger partial charge in [-0.15, -0.1) is 12.4 Å². The molecule has 0 spiro atoms. The highest BCUT2D eigenvalue weighted by Gasteiger charge is 2.23. The molecule has 2 atom stereocenters. The monoisotopic (exact) mass is 388 g/mol. The Balaban J connectivity index is 0.00000338. The van der Waals surface area contributed by atoms with Crippen LogP contribution in [0.5, 0.6) is 11.5 Å². The fourth-order valence-corrected chi connectivity index (χ4v) is 3.45. The van der Waals surface area contributed by atoms with Crippen molar-refractivity contribution in [3.8, 4) is 11.5 Å². The molecule has 2 unspecified atom stereocenters. The molecule has 2 N–H and O–H groups in total. The Morgan fingerprint density at radius 3 is 2.38 bits per heavy atom. The van der Waals surface area contributed by atoms with E-state index in [4.69, 9.17) is 9.47 Å². The minimum Gasteiger partial charge on any atom is -0.493 e. The van der Waals surface area contributed by atoms with Gasteiger partial charge in [0, 0.05) is 18.1 Å². The Labute approximate surface area is 161 Å². The van der Waals surface area contributed by atoms with Gasteiger partial charge in [0.05, 0.1) is 20.3 Å². The highest BCUT2D eigenvalue weighted by molar-refractivity contribution is 5.85. The van der Waals surface area contributed by atoms with Gasteiger partial charge < -0.3 is 20.1 Å². The van der Waals surface area contributed by atoms with Crippen molar-refractivity contribution in [1.29, 1.82) is 0 Å².